The highest BCUT2D eigenvalue weighted by Gasteiger charge is 2.21. The van der Waals surface area contributed by atoms with Crippen molar-refractivity contribution >= 4 is 16.1 Å². The molecule has 7 heteroatoms. The van der Waals surface area contributed by atoms with Crippen molar-refractivity contribution < 1.29 is 26.9 Å². The smallest absolute Gasteiger partial charge is 0.339 e. The number of hydrogen-bond donors (Lipinski definition) is 0. The zero-order valence-corrected chi connectivity index (χ0v) is 14.4. The Morgan fingerprint density at radius 1 is 1.08 bits per heavy atom. The Bertz CT molecular complexity index is 842. The Balaban J connectivity index is 2.34. The molecule has 0 unspecified atom stereocenters. The lowest BCUT2D eigenvalue weighted by atomic mass is 10.2. The van der Waals surface area contributed by atoms with E-state index in [1.54, 1.807) is 19.1 Å². The van der Waals surface area contributed by atoms with Gasteiger partial charge in [0.2, 0.25) is 0 Å². The van der Waals surface area contributed by atoms with Crippen LogP contribution in [0.2, 0.25) is 0 Å². The molecule has 128 valence electrons. The molecule has 0 aromatic heterocycles. The minimum absolute atomic E-state index is 0.0737. The molecule has 24 heavy (non-hydrogen) atoms. The number of ether oxygens (including phenoxy) is 2. The van der Waals surface area contributed by atoms with E-state index in [-0.39, 0.29) is 22.8 Å². The van der Waals surface area contributed by atoms with Crippen molar-refractivity contribution in [2.24, 2.45) is 0 Å². The van der Waals surface area contributed by atoms with Gasteiger partial charge in [-0.1, -0.05) is 12.1 Å². The second-order valence-corrected chi connectivity index (χ2v) is 6.49. The monoisotopic (exact) mass is 350 g/mol. The highest BCUT2D eigenvalue weighted by molar-refractivity contribution is 7.87. The molecule has 0 aliphatic heterocycles. The normalized spacial score (nSPS) is 11.0. The van der Waals surface area contributed by atoms with Gasteiger partial charge in [0.1, 0.15) is 4.90 Å². The van der Waals surface area contributed by atoms with Gasteiger partial charge in [-0.3, -0.25) is 0 Å². The molecular weight excluding hydrogens is 332 g/mol. The number of methoxy groups -OCH3 is 1. The highest BCUT2D eigenvalue weighted by atomic mass is 32.2. The molecule has 0 saturated carbocycles. The second-order valence-electron chi connectivity index (χ2n) is 4.94. The van der Waals surface area contributed by atoms with E-state index < -0.39 is 16.1 Å². The molecule has 0 saturated heterocycles. The fourth-order valence-electron chi connectivity index (χ4n) is 2.00. The molecule has 0 fully saturated rings. The number of esters is 1. The maximum atomic E-state index is 12.5. The van der Waals surface area contributed by atoms with E-state index >= 15 is 0 Å². The van der Waals surface area contributed by atoms with Crippen LogP contribution in [0.25, 0.3) is 0 Å². The zero-order valence-electron chi connectivity index (χ0n) is 13.6. The number of benzene rings is 2. The molecule has 0 bridgehead atoms. The topological polar surface area (TPSA) is 78.9 Å². The van der Waals surface area contributed by atoms with Crippen LogP contribution in [-0.4, -0.2) is 28.1 Å². The van der Waals surface area contributed by atoms with Crippen LogP contribution >= 0.6 is 0 Å². The molecule has 0 N–H and O–H groups in total. The molecule has 0 radical (unpaired) electrons. The van der Waals surface area contributed by atoms with Gasteiger partial charge in [0, 0.05) is 0 Å². The standard InChI is InChI=1S/C17H18O6S/c1-4-22-17(18)13-6-5-7-14(11-13)24(19,20)23-15-9-8-12(2)10-16(15)21-3/h5-11H,4H2,1-3H3. The number of carbonyl (C=O) groups is 1. The molecule has 0 spiro atoms. The van der Waals surface area contributed by atoms with E-state index in [4.69, 9.17) is 13.7 Å². The first kappa shape index (κ1) is 17.8. The SMILES string of the molecule is CCOC(=O)c1cccc(S(=O)(=O)Oc2ccc(C)cc2OC)c1. The average molecular weight is 350 g/mol. The van der Waals surface area contributed by atoms with Crippen LogP contribution < -0.4 is 8.92 Å². The van der Waals surface area contributed by atoms with Gasteiger partial charge >= 0.3 is 16.1 Å². The molecular formula is C17H18O6S. The van der Waals surface area contributed by atoms with Crippen LogP contribution in [0.3, 0.4) is 0 Å². The summed E-state index contributed by atoms with van der Waals surface area (Å²) in [5, 5.41) is 0. The lowest BCUT2D eigenvalue weighted by molar-refractivity contribution is 0.0526. The fourth-order valence-corrected chi connectivity index (χ4v) is 2.99. The Labute approximate surface area is 141 Å². The van der Waals surface area contributed by atoms with E-state index in [1.807, 2.05) is 6.92 Å². The summed E-state index contributed by atoms with van der Waals surface area (Å²) in [5.74, 6) is -0.216. The largest absolute Gasteiger partial charge is 0.493 e. The molecule has 0 atom stereocenters. The van der Waals surface area contributed by atoms with Crippen LogP contribution in [0.5, 0.6) is 11.5 Å². The third-order valence-corrected chi connectivity index (χ3v) is 4.38. The van der Waals surface area contributed by atoms with Gasteiger partial charge in [0.15, 0.2) is 11.5 Å². The van der Waals surface area contributed by atoms with Crippen LogP contribution in [0.15, 0.2) is 47.4 Å². The lowest BCUT2D eigenvalue weighted by Gasteiger charge is -2.12. The van der Waals surface area contributed by atoms with Crippen molar-refractivity contribution in [3.8, 4) is 11.5 Å². The Hall–Kier alpha value is -2.54. The van der Waals surface area contributed by atoms with Crippen LogP contribution in [0.1, 0.15) is 22.8 Å². The number of aryl methyl sites for hydroxylation is 1. The molecule has 0 aliphatic carbocycles. The quantitative estimate of drug-likeness (QED) is 0.589. The van der Waals surface area contributed by atoms with E-state index in [0.29, 0.717) is 5.75 Å². The number of rotatable bonds is 6. The first-order chi connectivity index (χ1) is 11.4. The Morgan fingerprint density at radius 3 is 2.50 bits per heavy atom. The van der Waals surface area contributed by atoms with Crippen molar-refractivity contribution in [2.45, 2.75) is 18.7 Å². The van der Waals surface area contributed by atoms with E-state index in [0.717, 1.165) is 5.56 Å². The summed E-state index contributed by atoms with van der Waals surface area (Å²) in [4.78, 5) is 11.6. The maximum Gasteiger partial charge on any atom is 0.339 e. The van der Waals surface area contributed by atoms with Gasteiger partial charge in [0.05, 0.1) is 19.3 Å². The third-order valence-electron chi connectivity index (χ3n) is 3.15. The van der Waals surface area contributed by atoms with Crippen LogP contribution in [-0.2, 0) is 14.9 Å². The molecule has 2 aromatic rings. The first-order valence-corrected chi connectivity index (χ1v) is 8.64. The van der Waals surface area contributed by atoms with E-state index in [1.165, 1.54) is 37.4 Å². The Kier molecular flexibility index (Phi) is 5.46. The predicted octanol–water partition coefficient (Wildman–Crippen LogP) is 2.95. The first-order valence-electron chi connectivity index (χ1n) is 7.23. The van der Waals surface area contributed by atoms with Gasteiger partial charge < -0.3 is 13.7 Å². The molecule has 0 heterocycles. The minimum Gasteiger partial charge on any atom is -0.493 e. The van der Waals surface area contributed by atoms with E-state index in [2.05, 4.69) is 0 Å². The number of hydrogen-bond acceptors (Lipinski definition) is 6. The van der Waals surface area contributed by atoms with Gasteiger partial charge in [-0.2, -0.15) is 8.42 Å². The maximum absolute atomic E-state index is 12.5. The van der Waals surface area contributed by atoms with Crippen molar-refractivity contribution in [2.75, 3.05) is 13.7 Å². The number of carbonyl (C=O) groups excluding carboxylic acids is 1. The molecule has 6 nitrogen and oxygen atoms in total. The summed E-state index contributed by atoms with van der Waals surface area (Å²) in [7, 11) is -2.69. The summed E-state index contributed by atoms with van der Waals surface area (Å²) < 4.78 is 40.1. The highest BCUT2D eigenvalue weighted by Crippen LogP contribution is 2.30. The summed E-state index contributed by atoms with van der Waals surface area (Å²) in [6, 6.07) is 10.4. The summed E-state index contributed by atoms with van der Waals surface area (Å²) in [6.07, 6.45) is 0. The molecule has 2 aromatic carbocycles. The minimum atomic E-state index is -4.12. The average Bonchev–Trinajstić information content (AvgIpc) is 2.56. The zero-order chi connectivity index (χ0) is 17.7. The van der Waals surface area contributed by atoms with E-state index in [9.17, 15) is 13.2 Å². The van der Waals surface area contributed by atoms with Gasteiger partial charge in [-0.25, -0.2) is 4.79 Å². The van der Waals surface area contributed by atoms with Gasteiger partial charge in [0.25, 0.3) is 0 Å². The van der Waals surface area contributed by atoms with Gasteiger partial charge in [-0.05, 0) is 49.7 Å². The summed E-state index contributed by atoms with van der Waals surface area (Å²) in [5.41, 5.74) is 1.04. The van der Waals surface area contributed by atoms with Crippen LogP contribution in [0, 0.1) is 6.92 Å². The summed E-state index contributed by atoms with van der Waals surface area (Å²) in [6.45, 7) is 3.72. The van der Waals surface area contributed by atoms with Crippen molar-refractivity contribution in [1.82, 2.24) is 0 Å². The molecule has 0 amide bonds. The van der Waals surface area contributed by atoms with Crippen molar-refractivity contribution in [3.63, 3.8) is 0 Å². The molecule has 0 aliphatic rings. The summed E-state index contributed by atoms with van der Waals surface area (Å²) >= 11 is 0. The van der Waals surface area contributed by atoms with Crippen molar-refractivity contribution in [3.05, 3.63) is 53.6 Å². The fraction of sp³-hybridized carbons (Fsp3) is 0.235. The third kappa shape index (κ3) is 4.05. The van der Waals surface area contributed by atoms with Crippen molar-refractivity contribution in [1.29, 1.82) is 0 Å². The van der Waals surface area contributed by atoms with Gasteiger partial charge in [-0.15, -0.1) is 0 Å². The second kappa shape index (κ2) is 7.35. The van der Waals surface area contributed by atoms with Crippen LogP contribution in [0.4, 0.5) is 0 Å². The lowest BCUT2D eigenvalue weighted by Crippen LogP contribution is -2.12. The molecule has 2 rings (SSSR count). The predicted molar refractivity (Wildman–Crippen MR) is 87.9 cm³/mol. The Morgan fingerprint density at radius 2 is 1.83 bits per heavy atom.